The van der Waals surface area contributed by atoms with Crippen molar-refractivity contribution in [2.45, 2.75) is 39.2 Å². The second-order valence-corrected chi connectivity index (χ2v) is 7.29. The van der Waals surface area contributed by atoms with Gasteiger partial charge in [0.2, 0.25) is 0 Å². The summed E-state index contributed by atoms with van der Waals surface area (Å²) >= 11 is 1.76. The predicted molar refractivity (Wildman–Crippen MR) is 99.5 cm³/mol. The van der Waals surface area contributed by atoms with Gasteiger partial charge in [-0.05, 0) is 31.6 Å². The third-order valence-corrected chi connectivity index (χ3v) is 5.47. The molecule has 0 amide bonds. The van der Waals surface area contributed by atoms with Crippen molar-refractivity contribution >= 4 is 41.3 Å². The number of thiazole rings is 1. The highest BCUT2D eigenvalue weighted by Crippen LogP contribution is 2.35. The number of halogens is 1. The minimum Gasteiger partial charge on any atom is -0.350 e. The molecule has 118 valence electrons. The molecule has 2 fully saturated rings. The minimum absolute atomic E-state index is 0. The van der Waals surface area contributed by atoms with E-state index in [-0.39, 0.29) is 24.0 Å². The number of rotatable bonds is 2. The average molecular weight is 420 g/mol. The Morgan fingerprint density at radius 3 is 2.57 bits per heavy atom. The Morgan fingerprint density at radius 1 is 1.38 bits per heavy atom. The van der Waals surface area contributed by atoms with Crippen molar-refractivity contribution in [2.24, 2.45) is 16.8 Å². The van der Waals surface area contributed by atoms with Crippen molar-refractivity contribution in [1.29, 1.82) is 0 Å². The van der Waals surface area contributed by atoms with E-state index in [2.05, 4.69) is 27.1 Å². The van der Waals surface area contributed by atoms with Crippen molar-refractivity contribution < 1.29 is 0 Å². The molecule has 1 N–H and O–H groups in total. The summed E-state index contributed by atoms with van der Waals surface area (Å²) in [6, 6.07) is 0. The van der Waals surface area contributed by atoms with E-state index in [0.717, 1.165) is 29.3 Å². The smallest absolute Gasteiger partial charge is 0.194 e. The second-order valence-electron chi connectivity index (χ2n) is 5.98. The molecule has 3 rings (SSSR count). The van der Waals surface area contributed by atoms with E-state index in [9.17, 15) is 0 Å². The van der Waals surface area contributed by atoms with Crippen molar-refractivity contribution in [2.75, 3.05) is 20.1 Å². The Labute approximate surface area is 148 Å². The van der Waals surface area contributed by atoms with Crippen LogP contribution >= 0.6 is 35.3 Å². The molecule has 2 heterocycles. The number of likely N-dealkylation sites (tertiary alicyclic amines) is 1. The third kappa shape index (κ3) is 4.09. The molecule has 1 aromatic rings. The maximum Gasteiger partial charge on any atom is 0.194 e. The van der Waals surface area contributed by atoms with Crippen molar-refractivity contribution in [3.05, 3.63) is 16.1 Å². The van der Waals surface area contributed by atoms with Gasteiger partial charge in [-0.3, -0.25) is 4.99 Å². The maximum absolute atomic E-state index is 4.46. The van der Waals surface area contributed by atoms with Gasteiger partial charge in [0, 0.05) is 31.2 Å². The van der Waals surface area contributed by atoms with Gasteiger partial charge in [0.25, 0.3) is 0 Å². The molecule has 1 aliphatic heterocycles. The molecule has 1 aromatic heterocycles. The summed E-state index contributed by atoms with van der Waals surface area (Å²) in [6.07, 6.45) is 7.58. The molecule has 1 aliphatic carbocycles. The Hall–Kier alpha value is -0.370. The van der Waals surface area contributed by atoms with Gasteiger partial charge in [-0.2, -0.15) is 0 Å². The molecule has 2 atom stereocenters. The molecule has 4 nitrogen and oxygen atoms in total. The fraction of sp³-hybridized carbons (Fsp3) is 0.733. The summed E-state index contributed by atoms with van der Waals surface area (Å²) in [6.45, 7) is 5.25. The molecule has 1 saturated heterocycles. The number of fused-ring (bicyclic) bond motifs is 1. The first-order valence-electron chi connectivity index (χ1n) is 7.63. The van der Waals surface area contributed by atoms with Crippen LogP contribution in [0.5, 0.6) is 0 Å². The lowest BCUT2D eigenvalue weighted by atomic mass is 9.82. The number of guanidine groups is 1. The summed E-state index contributed by atoms with van der Waals surface area (Å²) in [5, 5.41) is 4.61. The van der Waals surface area contributed by atoms with E-state index in [0.29, 0.717) is 0 Å². The molecule has 2 aliphatic rings. The third-order valence-electron chi connectivity index (χ3n) is 4.55. The van der Waals surface area contributed by atoms with Gasteiger partial charge >= 0.3 is 0 Å². The summed E-state index contributed by atoms with van der Waals surface area (Å²) in [7, 11) is 1.89. The van der Waals surface area contributed by atoms with E-state index in [1.54, 1.807) is 11.3 Å². The van der Waals surface area contributed by atoms with Crippen LogP contribution < -0.4 is 5.32 Å². The monoisotopic (exact) mass is 420 g/mol. The number of nitrogens with one attached hydrogen (secondary N) is 1. The van der Waals surface area contributed by atoms with Gasteiger partial charge in [0.1, 0.15) is 5.01 Å². The van der Waals surface area contributed by atoms with Gasteiger partial charge in [-0.25, -0.2) is 4.98 Å². The van der Waals surface area contributed by atoms with E-state index in [1.807, 2.05) is 13.2 Å². The van der Waals surface area contributed by atoms with Crippen molar-refractivity contribution in [3.8, 4) is 0 Å². The molecule has 0 spiro atoms. The highest BCUT2D eigenvalue weighted by Gasteiger charge is 2.35. The largest absolute Gasteiger partial charge is 0.350 e. The number of hydrogen-bond donors (Lipinski definition) is 1. The van der Waals surface area contributed by atoms with Gasteiger partial charge in [0.15, 0.2) is 5.96 Å². The molecular weight excluding hydrogens is 395 g/mol. The van der Waals surface area contributed by atoms with Gasteiger partial charge in [-0.1, -0.05) is 12.8 Å². The number of aliphatic imine (C=N–C) groups is 1. The second kappa shape index (κ2) is 7.76. The summed E-state index contributed by atoms with van der Waals surface area (Å²) in [5.41, 5.74) is 0. The van der Waals surface area contributed by atoms with Gasteiger partial charge in [0.05, 0.1) is 6.54 Å². The normalized spacial score (nSPS) is 25.4. The standard InChI is InChI=1S/C15H24N4S.HI/c1-11-7-17-14(20-11)8-18-15(16-2)19-9-12-5-3-4-6-13(12)10-19;/h7,12-13H,3-6,8-10H2,1-2H3,(H,16,18);1H. The van der Waals surface area contributed by atoms with Crippen LogP contribution in [0.2, 0.25) is 0 Å². The molecule has 0 aromatic carbocycles. The highest BCUT2D eigenvalue weighted by molar-refractivity contribution is 14.0. The van der Waals surface area contributed by atoms with Crippen LogP contribution in [0.25, 0.3) is 0 Å². The molecule has 21 heavy (non-hydrogen) atoms. The Balaban J connectivity index is 0.00000161. The van der Waals surface area contributed by atoms with Crippen LogP contribution in [0, 0.1) is 18.8 Å². The Morgan fingerprint density at radius 2 is 2.05 bits per heavy atom. The lowest BCUT2D eigenvalue weighted by molar-refractivity contribution is 0.299. The number of hydrogen-bond acceptors (Lipinski definition) is 3. The molecular formula is C15H25IN4S. The van der Waals surface area contributed by atoms with E-state index in [4.69, 9.17) is 0 Å². The number of aromatic nitrogens is 1. The topological polar surface area (TPSA) is 40.5 Å². The van der Waals surface area contributed by atoms with Crippen LogP contribution in [0.1, 0.15) is 35.6 Å². The Bertz CT molecular complexity index is 474. The predicted octanol–water partition coefficient (Wildman–Crippen LogP) is 3.27. The number of nitrogens with zero attached hydrogens (tertiary/aromatic N) is 3. The fourth-order valence-corrected chi connectivity index (χ4v) is 4.28. The van der Waals surface area contributed by atoms with Crippen LogP contribution in [0.3, 0.4) is 0 Å². The maximum atomic E-state index is 4.46. The van der Waals surface area contributed by atoms with Crippen LogP contribution in [0.4, 0.5) is 0 Å². The lowest BCUT2D eigenvalue weighted by Gasteiger charge is -2.22. The van der Waals surface area contributed by atoms with Crippen LogP contribution in [-0.4, -0.2) is 36.0 Å². The molecule has 0 radical (unpaired) electrons. The van der Waals surface area contributed by atoms with Crippen molar-refractivity contribution in [3.63, 3.8) is 0 Å². The summed E-state index contributed by atoms with van der Waals surface area (Å²) < 4.78 is 0. The zero-order chi connectivity index (χ0) is 13.9. The van der Waals surface area contributed by atoms with Gasteiger partial charge < -0.3 is 10.2 Å². The van der Waals surface area contributed by atoms with Crippen molar-refractivity contribution in [1.82, 2.24) is 15.2 Å². The first-order chi connectivity index (χ1) is 9.76. The van der Waals surface area contributed by atoms with E-state index >= 15 is 0 Å². The first-order valence-corrected chi connectivity index (χ1v) is 8.45. The fourth-order valence-electron chi connectivity index (χ4n) is 3.55. The molecule has 1 saturated carbocycles. The van der Waals surface area contributed by atoms with Gasteiger partial charge in [-0.15, -0.1) is 35.3 Å². The molecule has 2 unspecified atom stereocenters. The number of aryl methyl sites for hydroxylation is 1. The zero-order valence-electron chi connectivity index (χ0n) is 12.8. The minimum atomic E-state index is 0. The molecule has 0 bridgehead atoms. The summed E-state index contributed by atoms with van der Waals surface area (Å²) in [4.78, 5) is 12.6. The first kappa shape index (κ1) is 17.0. The van der Waals surface area contributed by atoms with E-state index in [1.165, 1.54) is 43.6 Å². The quantitative estimate of drug-likeness (QED) is 0.454. The van der Waals surface area contributed by atoms with Crippen LogP contribution in [-0.2, 0) is 6.54 Å². The summed E-state index contributed by atoms with van der Waals surface area (Å²) in [5.74, 6) is 2.83. The zero-order valence-corrected chi connectivity index (χ0v) is 16.0. The highest BCUT2D eigenvalue weighted by atomic mass is 127. The Kier molecular flexibility index (Phi) is 6.28. The SMILES string of the molecule is CN=C(NCc1ncc(C)s1)N1CC2CCCCC2C1.I. The average Bonchev–Trinajstić information content (AvgIpc) is 3.05. The van der Waals surface area contributed by atoms with E-state index < -0.39 is 0 Å². The lowest BCUT2D eigenvalue weighted by Crippen LogP contribution is -2.39. The molecule has 6 heteroatoms. The van der Waals surface area contributed by atoms with Crippen LogP contribution in [0.15, 0.2) is 11.2 Å².